The van der Waals surface area contributed by atoms with Gasteiger partial charge < -0.3 is 9.88 Å². The molecule has 1 N–H and O–H groups in total. The molecule has 1 amide bonds. The summed E-state index contributed by atoms with van der Waals surface area (Å²) >= 11 is 0. The number of hydrogen-bond acceptors (Lipinski definition) is 1. The average Bonchev–Trinajstić information content (AvgIpc) is 3.03. The minimum Gasteiger partial charge on any atom is -0.347 e. The van der Waals surface area contributed by atoms with Crippen LogP contribution in [0.4, 0.5) is 0 Å². The number of fused-ring (bicyclic) bond motifs is 1. The molecule has 1 aromatic heterocycles. The third-order valence-corrected chi connectivity index (χ3v) is 3.79. The maximum Gasteiger partial charge on any atom is 0.268 e. The fourth-order valence-corrected chi connectivity index (χ4v) is 2.82. The van der Waals surface area contributed by atoms with Crippen LogP contribution in [0.3, 0.4) is 0 Å². The van der Waals surface area contributed by atoms with Crippen LogP contribution in [0.5, 0.6) is 0 Å². The van der Waals surface area contributed by atoms with E-state index in [0.29, 0.717) is 0 Å². The first kappa shape index (κ1) is 12.0. The van der Waals surface area contributed by atoms with Crippen LogP contribution >= 0.6 is 0 Å². The largest absolute Gasteiger partial charge is 0.347 e. The summed E-state index contributed by atoms with van der Waals surface area (Å²) in [6, 6.07) is 12.4. The van der Waals surface area contributed by atoms with E-state index in [2.05, 4.69) is 29.6 Å². The van der Waals surface area contributed by atoms with Crippen molar-refractivity contribution in [3.8, 4) is 0 Å². The minimum atomic E-state index is 0.0321. The molecule has 3 nitrogen and oxygen atoms in total. The third-order valence-electron chi connectivity index (χ3n) is 3.79. The molecule has 98 valence electrons. The lowest BCUT2D eigenvalue weighted by Crippen LogP contribution is -2.36. The summed E-state index contributed by atoms with van der Waals surface area (Å²) in [5, 5.41) is 3.14. The van der Waals surface area contributed by atoms with E-state index in [9.17, 15) is 4.79 Å². The van der Waals surface area contributed by atoms with E-state index in [0.717, 1.165) is 25.1 Å². The van der Waals surface area contributed by atoms with Gasteiger partial charge in [-0.05, 0) is 43.0 Å². The van der Waals surface area contributed by atoms with E-state index in [-0.39, 0.29) is 11.9 Å². The Hall–Kier alpha value is -2.03. The van der Waals surface area contributed by atoms with Crippen LogP contribution in [-0.2, 0) is 19.4 Å². The smallest absolute Gasteiger partial charge is 0.268 e. The van der Waals surface area contributed by atoms with Gasteiger partial charge in [0.2, 0.25) is 0 Å². The molecule has 0 radical (unpaired) electrons. The number of carbonyl (C=O) groups is 1. The average molecular weight is 254 g/mol. The van der Waals surface area contributed by atoms with Crippen molar-refractivity contribution < 1.29 is 4.79 Å². The van der Waals surface area contributed by atoms with E-state index < -0.39 is 0 Å². The summed E-state index contributed by atoms with van der Waals surface area (Å²) < 4.78 is 1.97. The van der Waals surface area contributed by atoms with Gasteiger partial charge in [0.05, 0.1) is 0 Å². The van der Waals surface area contributed by atoms with Crippen molar-refractivity contribution in [2.24, 2.45) is 0 Å². The van der Waals surface area contributed by atoms with Crippen LogP contribution in [0.15, 0.2) is 42.6 Å². The Bertz CT molecular complexity index is 575. The van der Waals surface area contributed by atoms with Crippen molar-refractivity contribution in [3.63, 3.8) is 0 Å². The lowest BCUT2D eigenvalue weighted by atomic mass is 10.1. The van der Waals surface area contributed by atoms with Gasteiger partial charge in [-0.2, -0.15) is 0 Å². The lowest BCUT2D eigenvalue weighted by Gasteiger charge is -2.13. The second-order valence-electron chi connectivity index (χ2n) is 5.03. The van der Waals surface area contributed by atoms with Crippen LogP contribution in [0.2, 0.25) is 0 Å². The molecule has 19 heavy (non-hydrogen) atoms. The Morgan fingerprint density at radius 1 is 1.21 bits per heavy atom. The van der Waals surface area contributed by atoms with Gasteiger partial charge >= 0.3 is 0 Å². The molecule has 3 heteroatoms. The molecule has 3 rings (SSSR count). The molecule has 0 atom stereocenters. The maximum atomic E-state index is 12.3. The second-order valence-corrected chi connectivity index (χ2v) is 5.03. The molecule has 1 aliphatic carbocycles. The highest BCUT2D eigenvalue weighted by molar-refractivity contribution is 5.93. The summed E-state index contributed by atoms with van der Waals surface area (Å²) in [4.78, 5) is 12.3. The summed E-state index contributed by atoms with van der Waals surface area (Å²) in [6.45, 7) is 2.86. The molecule has 0 saturated heterocycles. The summed E-state index contributed by atoms with van der Waals surface area (Å²) in [5.74, 6) is 0.0321. The zero-order chi connectivity index (χ0) is 13.2. The molecule has 0 fully saturated rings. The number of carbonyl (C=O) groups excluding carboxylic acids is 1. The van der Waals surface area contributed by atoms with Crippen molar-refractivity contribution >= 4 is 5.91 Å². The standard InChI is InChI=1S/C16H18N2O/c1-2-18-9-5-8-15(18)16(19)17-14-10-12-6-3-4-7-13(12)11-14/h3-9,14H,2,10-11H2,1H3,(H,17,19). The normalized spacial score (nSPS) is 14.4. The number of amides is 1. The highest BCUT2D eigenvalue weighted by Gasteiger charge is 2.23. The van der Waals surface area contributed by atoms with Gasteiger partial charge in [0.15, 0.2) is 0 Å². The molecule has 1 aliphatic rings. The first-order chi connectivity index (χ1) is 9.28. The molecular weight excluding hydrogens is 236 g/mol. The molecule has 0 aliphatic heterocycles. The van der Waals surface area contributed by atoms with Crippen molar-refractivity contribution in [2.75, 3.05) is 0 Å². The van der Waals surface area contributed by atoms with E-state index in [1.165, 1.54) is 11.1 Å². The van der Waals surface area contributed by atoms with Gasteiger partial charge in [0.1, 0.15) is 5.69 Å². The highest BCUT2D eigenvalue weighted by Crippen LogP contribution is 2.21. The van der Waals surface area contributed by atoms with E-state index in [1.54, 1.807) is 0 Å². The first-order valence-corrected chi connectivity index (χ1v) is 6.80. The Balaban J connectivity index is 1.69. The SMILES string of the molecule is CCn1cccc1C(=O)NC1Cc2ccccc2C1. The fraction of sp³-hybridized carbons (Fsp3) is 0.312. The predicted molar refractivity (Wildman–Crippen MR) is 75.2 cm³/mol. The molecule has 2 aromatic rings. The van der Waals surface area contributed by atoms with Gasteiger partial charge in [0.25, 0.3) is 5.91 Å². The van der Waals surface area contributed by atoms with Crippen molar-refractivity contribution in [3.05, 3.63) is 59.4 Å². The Labute approximate surface area is 113 Å². The van der Waals surface area contributed by atoms with Crippen LogP contribution in [0, 0.1) is 0 Å². The van der Waals surface area contributed by atoms with Crippen LogP contribution < -0.4 is 5.32 Å². The first-order valence-electron chi connectivity index (χ1n) is 6.80. The second kappa shape index (κ2) is 4.92. The molecule has 0 spiro atoms. The zero-order valence-electron chi connectivity index (χ0n) is 11.1. The molecule has 1 heterocycles. The zero-order valence-corrected chi connectivity index (χ0v) is 11.1. The van der Waals surface area contributed by atoms with Crippen LogP contribution in [-0.4, -0.2) is 16.5 Å². The van der Waals surface area contributed by atoms with Gasteiger partial charge in [-0.3, -0.25) is 4.79 Å². The summed E-state index contributed by atoms with van der Waals surface area (Å²) in [5.41, 5.74) is 3.47. The number of aromatic nitrogens is 1. The fourth-order valence-electron chi connectivity index (χ4n) is 2.82. The quantitative estimate of drug-likeness (QED) is 0.896. The summed E-state index contributed by atoms with van der Waals surface area (Å²) in [6.07, 6.45) is 3.82. The lowest BCUT2D eigenvalue weighted by molar-refractivity contribution is 0.0929. The Morgan fingerprint density at radius 2 is 1.89 bits per heavy atom. The van der Waals surface area contributed by atoms with Gasteiger partial charge in [-0.1, -0.05) is 24.3 Å². The number of benzene rings is 1. The topological polar surface area (TPSA) is 34.0 Å². The predicted octanol–water partition coefficient (Wildman–Crippen LogP) is 2.41. The summed E-state index contributed by atoms with van der Waals surface area (Å²) in [7, 11) is 0. The third kappa shape index (κ3) is 2.28. The monoisotopic (exact) mass is 254 g/mol. The van der Waals surface area contributed by atoms with Gasteiger partial charge in [-0.25, -0.2) is 0 Å². The van der Waals surface area contributed by atoms with Crippen molar-refractivity contribution in [1.29, 1.82) is 0 Å². The van der Waals surface area contributed by atoms with Crippen LogP contribution in [0.25, 0.3) is 0 Å². The van der Waals surface area contributed by atoms with Crippen molar-refractivity contribution in [2.45, 2.75) is 32.4 Å². The molecule has 0 unspecified atom stereocenters. The Morgan fingerprint density at radius 3 is 2.53 bits per heavy atom. The van der Waals surface area contributed by atoms with Crippen molar-refractivity contribution in [1.82, 2.24) is 9.88 Å². The maximum absolute atomic E-state index is 12.3. The van der Waals surface area contributed by atoms with E-state index in [1.807, 2.05) is 29.8 Å². The number of hydrogen-bond donors (Lipinski definition) is 1. The van der Waals surface area contributed by atoms with Gasteiger partial charge in [0, 0.05) is 18.8 Å². The number of aryl methyl sites for hydroxylation is 1. The molecule has 0 bridgehead atoms. The molecular formula is C16H18N2O. The van der Waals surface area contributed by atoms with E-state index in [4.69, 9.17) is 0 Å². The number of rotatable bonds is 3. The number of nitrogens with one attached hydrogen (secondary N) is 1. The van der Waals surface area contributed by atoms with Gasteiger partial charge in [-0.15, -0.1) is 0 Å². The molecule has 0 saturated carbocycles. The van der Waals surface area contributed by atoms with Crippen LogP contribution in [0.1, 0.15) is 28.5 Å². The molecule has 1 aromatic carbocycles. The highest BCUT2D eigenvalue weighted by atomic mass is 16.2. The van der Waals surface area contributed by atoms with E-state index >= 15 is 0 Å². The minimum absolute atomic E-state index is 0.0321. The number of nitrogens with zero attached hydrogens (tertiary/aromatic N) is 1. The Kier molecular flexibility index (Phi) is 3.11.